The van der Waals surface area contributed by atoms with Crippen molar-refractivity contribution in [3.63, 3.8) is 0 Å². The maximum Gasteiger partial charge on any atom is 0.243 e. The highest BCUT2D eigenvalue weighted by molar-refractivity contribution is 9.10. The lowest BCUT2D eigenvalue weighted by molar-refractivity contribution is -0.121. The van der Waals surface area contributed by atoms with Gasteiger partial charge in [-0.05, 0) is 49.6 Å². The highest BCUT2D eigenvalue weighted by atomic mass is 79.9. The molecule has 2 aromatic carbocycles. The molecule has 0 bridgehead atoms. The number of carbonyl (C=O) groups excluding carboxylic acids is 1. The Balaban J connectivity index is 1.86. The first kappa shape index (κ1) is 20.6. The minimum absolute atomic E-state index is 0.0357. The molecule has 1 atom stereocenters. The van der Waals surface area contributed by atoms with E-state index < -0.39 is 10.0 Å². The second kappa shape index (κ2) is 9.30. The Kier molecular flexibility index (Phi) is 7.37. The molecule has 0 aliphatic carbocycles. The van der Waals surface area contributed by atoms with E-state index in [0.717, 1.165) is 21.6 Å². The molecule has 5 nitrogen and oxygen atoms in total. The Morgan fingerprint density at radius 2 is 1.73 bits per heavy atom. The maximum atomic E-state index is 12.5. The molecule has 2 rings (SSSR count). The van der Waals surface area contributed by atoms with Gasteiger partial charge >= 0.3 is 0 Å². The van der Waals surface area contributed by atoms with Gasteiger partial charge in [0.15, 0.2) is 0 Å². The van der Waals surface area contributed by atoms with Gasteiger partial charge in [0.1, 0.15) is 0 Å². The Morgan fingerprint density at radius 1 is 1.12 bits per heavy atom. The van der Waals surface area contributed by atoms with E-state index in [4.69, 9.17) is 0 Å². The zero-order chi connectivity index (χ0) is 19.2. The Hall–Kier alpha value is -1.70. The monoisotopic (exact) mass is 438 g/mol. The van der Waals surface area contributed by atoms with Crippen molar-refractivity contribution < 1.29 is 13.2 Å². The zero-order valence-corrected chi connectivity index (χ0v) is 17.3. The van der Waals surface area contributed by atoms with Gasteiger partial charge in [0, 0.05) is 17.6 Å². The van der Waals surface area contributed by atoms with Gasteiger partial charge in [-0.3, -0.25) is 4.79 Å². The molecular weight excluding hydrogens is 416 g/mol. The highest BCUT2D eigenvalue weighted by Crippen LogP contribution is 2.17. The van der Waals surface area contributed by atoms with Crippen LogP contribution in [0.4, 0.5) is 0 Å². The van der Waals surface area contributed by atoms with E-state index in [0.29, 0.717) is 0 Å². The van der Waals surface area contributed by atoms with Gasteiger partial charge in [-0.2, -0.15) is 4.31 Å². The molecule has 1 N–H and O–H groups in total. The summed E-state index contributed by atoms with van der Waals surface area (Å²) in [6.07, 6.45) is 1.65. The van der Waals surface area contributed by atoms with Crippen LogP contribution in [0.2, 0.25) is 0 Å². The molecule has 0 fully saturated rings. The van der Waals surface area contributed by atoms with Crippen molar-refractivity contribution in [2.45, 2.75) is 30.7 Å². The van der Waals surface area contributed by atoms with E-state index in [2.05, 4.69) is 21.2 Å². The number of aryl methyl sites for hydroxylation is 1. The molecule has 0 spiro atoms. The molecule has 0 radical (unpaired) electrons. The molecule has 0 saturated heterocycles. The average Bonchev–Trinajstić information content (AvgIpc) is 2.61. The smallest absolute Gasteiger partial charge is 0.243 e. The third-order valence-corrected chi connectivity index (χ3v) is 6.35. The first-order valence-electron chi connectivity index (χ1n) is 8.34. The predicted octanol–water partition coefficient (Wildman–Crippen LogP) is 3.21. The van der Waals surface area contributed by atoms with Crippen LogP contribution in [0.1, 0.15) is 18.9 Å². The van der Waals surface area contributed by atoms with Crippen molar-refractivity contribution in [2.75, 3.05) is 13.6 Å². The fraction of sp³-hybridized carbons (Fsp3) is 0.316. The second-order valence-corrected chi connectivity index (χ2v) is 9.17. The third kappa shape index (κ3) is 5.93. The summed E-state index contributed by atoms with van der Waals surface area (Å²) in [4.78, 5) is 12.3. The molecule has 0 heterocycles. The minimum Gasteiger partial charge on any atom is -0.352 e. The van der Waals surface area contributed by atoms with Gasteiger partial charge in [-0.15, -0.1) is 0 Å². The lowest BCUT2D eigenvalue weighted by Crippen LogP contribution is -2.41. The molecule has 1 amide bonds. The molecule has 0 unspecified atom stereocenters. The number of benzene rings is 2. The normalized spacial score (nSPS) is 12.8. The summed E-state index contributed by atoms with van der Waals surface area (Å²) in [7, 11) is -2.28. The van der Waals surface area contributed by atoms with E-state index in [1.807, 2.05) is 37.3 Å². The molecule has 0 aromatic heterocycles. The van der Waals surface area contributed by atoms with Crippen molar-refractivity contribution in [1.29, 1.82) is 0 Å². The standard InChI is InChI=1S/C19H23BrN2O3S/c1-15(8-9-16-6-4-3-5-7-16)21-19(23)14-22(2)26(24,25)18-12-10-17(20)11-13-18/h3-7,10-13,15H,8-9,14H2,1-2H3,(H,21,23)/t15-/m0/s1. The summed E-state index contributed by atoms with van der Waals surface area (Å²) in [6.45, 7) is 1.71. The Bertz CT molecular complexity index is 824. The summed E-state index contributed by atoms with van der Waals surface area (Å²) in [6, 6.07) is 16.3. The number of rotatable bonds is 8. The van der Waals surface area contributed by atoms with Gasteiger partial charge < -0.3 is 5.32 Å². The van der Waals surface area contributed by atoms with E-state index in [1.165, 1.54) is 24.7 Å². The Labute approximate surface area is 163 Å². The van der Waals surface area contributed by atoms with Crippen LogP contribution in [0.25, 0.3) is 0 Å². The van der Waals surface area contributed by atoms with Gasteiger partial charge in [0.25, 0.3) is 0 Å². The summed E-state index contributed by atoms with van der Waals surface area (Å²) in [5.41, 5.74) is 1.21. The lowest BCUT2D eigenvalue weighted by Gasteiger charge is -2.19. The van der Waals surface area contributed by atoms with E-state index in [9.17, 15) is 13.2 Å². The molecule has 0 aliphatic heterocycles. The van der Waals surface area contributed by atoms with Gasteiger partial charge in [-0.1, -0.05) is 46.3 Å². The van der Waals surface area contributed by atoms with E-state index in [1.54, 1.807) is 12.1 Å². The average molecular weight is 439 g/mol. The molecule has 0 saturated carbocycles. The highest BCUT2D eigenvalue weighted by Gasteiger charge is 2.23. The first-order chi connectivity index (χ1) is 12.3. The molecule has 2 aromatic rings. The molecule has 0 aliphatic rings. The summed E-state index contributed by atoms with van der Waals surface area (Å²) < 4.78 is 26.9. The number of nitrogens with one attached hydrogen (secondary N) is 1. The number of carbonyl (C=O) groups is 1. The number of nitrogens with zero attached hydrogens (tertiary/aromatic N) is 1. The minimum atomic E-state index is -3.69. The third-order valence-electron chi connectivity index (χ3n) is 4.00. The zero-order valence-electron chi connectivity index (χ0n) is 14.9. The lowest BCUT2D eigenvalue weighted by atomic mass is 10.1. The van der Waals surface area contributed by atoms with Crippen LogP contribution in [0.3, 0.4) is 0 Å². The van der Waals surface area contributed by atoms with Gasteiger partial charge in [-0.25, -0.2) is 8.42 Å². The largest absolute Gasteiger partial charge is 0.352 e. The van der Waals surface area contributed by atoms with Gasteiger partial charge in [0.2, 0.25) is 15.9 Å². The quantitative estimate of drug-likeness (QED) is 0.687. The topological polar surface area (TPSA) is 66.5 Å². The van der Waals surface area contributed by atoms with E-state index >= 15 is 0 Å². The molecule has 26 heavy (non-hydrogen) atoms. The van der Waals surface area contributed by atoms with Crippen LogP contribution in [0.15, 0.2) is 64.0 Å². The number of hydrogen-bond acceptors (Lipinski definition) is 3. The number of likely N-dealkylation sites (N-methyl/N-ethyl adjacent to an activating group) is 1. The van der Waals surface area contributed by atoms with Crippen molar-refractivity contribution >= 4 is 31.9 Å². The van der Waals surface area contributed by atoms with Crippen LogP contribution >= 0.6 is 15.9 Å². The van der Waals surface area contributed by atoms with E-state index in [-0.39, 0.29) is 23.4 Å². The summed E-state index contributed by atoms with van der Waals surface area (Å²) >= 11 is 3.28. The van der Waals surface area contributed by atoms with Crippen LogP contribution in [0.5, 0.6) is 0 Å². The fourth-order valence-electron chi connectivity index (χ4n) is 2.49. The predicted molar refractivity (Wildman–Crippen MR) is 106 cm³/mol. The molecular formula is C19H23BrN2O3S. The Morgan fingerprint density at radius 3 is 2.35 bits per heavy atom. The van der Waals surface area contributed by atoms with Crippen molar-refractivity contribution in [1.82, 2.24) is 9.62 Å². The van der Waals surface area contributed by atoms with Crippen molar-refractivity contribution in [3.05, 3.63) is 64.6 Å². The number of halogens is 1. The fourth-order valence-corrected chi connectivity index (χ4v) is 3.89. The van der Waals surface area contributed by atoms with Gasteiger partial charge in [0.05, 0.1) is 11.4 Å². The maximum absolute atomic E-state index is 12.5. The SMILES string of the molecule is C[C@@H](CCc1ccccc1)NC(=O)CN(C)S(=O)(=O)c1ccc(Br)cc1. The van der Waals surface area contributed by atoms with Crippen LogP contribution in [-0.2, 0) is 21.2 Å². The number of sulfonamides is 1. The van der Waals surface area contributed by atoms with Crippen LogP contribution < -0.4 is 5.32 Å². The van der Waals surface area contributed by atoms with Crippen LogP contribution in [0, 0.1) is 0 Å². The molecule has 7 heteroatoms. The summed E-state index contributed by atoms with van der Waals surface area (Å²) in [5.74, 6) is -0.311. The second-order valence-electron chi connectivity index (χ2n) is 6.21. The molecule has 140 valence electrons. The van der Waals surface area contributed by atoms with Crippen LogP contribution in [-0.4, -0.2) is 38.3 Å². The number of hydrogen-bond donors (Lipinski definition) is 1. The van der Waals surface area contributed by atoms with Crippen molar-refractivity contribution in [3.8, 4) is 0 Å². The van der Waals surface area contributed by atoms with Crippen molar-refractivity contribution in [2.24, 2.45) is 0 Å². The summed E-state index contributed by atoms with van der Waals surface area (Å²) in [5, 5.41) is 2.86. The first-order valence-corrected chi connectivity index (χ1v) is 10.6. The number of amides is 1.